The summed E-state index contributed by atoms with van der Waals surface area (Å²) in [4.78, 5) is 29.1. The van der Waals surface area contributed by atoms with Crippen molar-refractivity contribution in [2.45, 2.75) is 32.0 Å². The average Bonchev–Trinajstić information content (AvgIpc) is 2.91. The Morgan fingerprint density at radius 3 is 1.83 bits per heavy atom. The Morgan fingerprint density at radius 1 is 0.694 bits per heavy atom. The number of amides is 2. The lowest BCUT2D eigenvalue weighted by molar-refractivity contribution is -0.140. The van der Waals surface area contributed by atoms with Crippen molar-refractivity contribution in [2.75, 3.05) is 0 Å². The summed E-state index contributed by atoms with van der Waals surface area (Å²) in [6, 6.07) is 36.0. The quantitative estimate of drug-likeness (QED) is 0.300. The molecule has 0 saturated carbocycles. The zero-order valence-electron chi connectivity index (χ0n) is 20.0. The fourth-order valence-corrected chi connectivity index (χ4v) is 4.35. The molecule has 4 aromatic carbocycles. The van der Waals surface area contributed by atoms with Crippen LogP contribution >= 0.6 is 11.6 Å². The van der Waals surface area contributed by atoms with Gasteiger partial charge in [0.25, 0.3) is 0 Å². The zero-order valence-corrected chi connectivity index (χ0v) is 20.8. The first-order valence-corrected chi connectivity index (χ1v) is 12.4. The first kappa shape index (κ1) is 25.2. The molecule has 0 aliphatic heterocycles. The Bertz CT molecular complexity index is 1260. The van der Waals surface area contributed by atoms with Gasteiger partial charge in [0.2, 0.25) is 11.8 Å². The van der Waals surface area contributed by atoms with Gasteiger partial charge in [-0.1, -0.05) is 121 Å². The summed E-state index contributed by atoms with van der Waals surface area (Å²) >= 11 is 6.31. The van der Waals surface area contributed by atoms with E-state index in [2.05, 4.69) is 5.32 Å². The number of carbonyl (C=O) groups is 2. The molecule has 0 aliphatic rings. The molecule has 182 valence electrons. The third kappa shape index (κ3) is 7.06. The van der Waals surface area contributed by atoms with Crippen molar-refractivity contribution >= 4 is 23.4 Å². The highest BCUT2D eigenvalue weighted by atomic mass is 35.5. The van der Waals surface area contributed by atoms with Gasteiger partial charge in [-0.05, 0) is 28.3 Å². The molecule has 0 spiro atoms. The minimum atomic E-state index is -0.689. The van der Waals surface area contributed by atoms with Gasteiger partial charge >= 0.3 is 0 Å². The molecule has 0 bridgehead atoms. The van der Waals surface area contributed by atoms with E-state index in [1.54, 1.807) is 11.0 Å². The van der Waals surface area contributed by atoms with Crippen molar-refractivity contribution in [1.29, 1.82) is 0 Å². The number of benzene rings is 4. The van der Waals surface area contributed by atoms with Crippen molar-refractivity contribution in [3.8, 4) is 0 Å². The first-order valence-electron chi connectivity index (χ1n) is 12.0. The second-order valence-corrected chi connectivity index (χ2v) is 9.09. The molecule has 0 aromatic heterocycles. The molecule has 0 radical (unpaired) electrons. The predicted octanol–water partition coefficient (Wildman–Crippen LogP) is 5.84. The van der Waals surface area contributed by atoms with Gasteiger partial charge in [-0.2, -0.15) is 0 Å². The highest BCUT2D eigenvalue weighted by molar-refractivity contribution is 6.31. The summed E-state index contributed by atoms with van der Waals surface area (Å²) in [5, 5.41) is 3.62. The van der Waals surface area contributed by atoms with Crippen molar-refractivity contribution in [3.05, 3.63) is 143 Å². The van der Waals surface area contributed by atoms with E-state index in [4.69, 9.17) is 11.6 Å². The van der Waals surface area contributed by atoms with E-state index in [1.165, 1.54) is 0 Å². The van der Waals surface area contributed by atoms with Gasteiger partial charge in [-0.25, -0.2) is 0 Å². The minimum Gasteiger partial charge on any atom is -0.350 e. The van der Waals surface area contributed by atoms with Crippen LogP contribution in [0.25, 0.3) is 0 Å². The van der Waals surface area contributed by atoms with E-state index < -0.39 is 6.04 Å². The van der Waals surface area contributed by atoms with Gasteiger partial charge < -0.3 is 10.2 Å². The van der Waals surface area contributed by atoms with Crippen LogP contribution in [0.15, 0.2) is 115 Å². The van der Waals surface area contributed by atoms with Crippen LogP contribution in [-0.4, -0.2) is 22.8 Å². The molecule has 0 fully saturated rings. The van der Waals surface area contributed by atoms with Crippen LogP contribution in [0.2, 0.25) is 5.02 Å². The Balaban J connectivity index is 1.63. The molecule has 0 heterocycles. The fraction of sp³-hybridized carbons (Fsp3) is 0.161. The molecule has 0 aliphatic carbocycles. The Hall–Kier alpha value is -3.89. The zero-order chi connectivity index (χ0) is 25.2. The van der Waals surface area contributed by atoms with Crippen LogP contribution in [-0.2, 0) is 35.5 Å². The van der Waals surface area contributed by atoms with E-state index in [1.807, 2.05) is 109 Å². The molecular formula is C31H29ClN2O2. The molecule has 5 heteroatoms. The smallest absolute Gasteiger partial charge is 0.243 e. The van der Waals surface area contributed by atoms with E-state index in [-0.39, 0.29) is 24.8 Å². The monoisotopic (exact) mass is 496 g/mol. The normalized spacial score (nSPS) is 11.5. The topological polar surface area (TPSA) is 49.4 Å². The number of hydrogen-bond acceptors (Lipinski definition) is 2. The maximum absolute atomic E-state index is 13.7. The molecule has 4 nitrogen and oxygen atoms in total. The van der Waals surface area contributed by atoms with Gasteiger partial charge in [0.15, 0.2) is 0 Å². The summed E-state index contributed by atoms with van der Waals surface area (Å²) in [7, 11) is 0. The number of nitrogens with one attached hydrogen (secondary N) is 1. The van der Waals surface area contributed by atoms with Crippen molar-refractivity contribution in [3.63, 3.8) is 0 Å². The van der Waals surface area contributed by atoms with Gasteiger partial charge in [0.05, 0.1) is 6.42 Å². The van der Waals surface area contributed by atoms with E-state index in [0.717, 1.165) is 22.3 Å². The molecule has 2 amide bonds. The summed E-state index contributed by atoms with van der Waals surface area (Å²) in [5.41, 5.74) is 3.70. The third-order valence-corrected chi connectivity index (χ3v) is 6.44. The van der Waals surface area contributed by atoms with Gasteiger partial charge in [0, 0.05) is 24.5 Å². The van der Waals surface area contributed by atoms with Crippen molar-refractivity contribution in [1.82, 2.24) is 10.2 Å². The molecule has 36 heavy (non-hydrogen) atoms. The summed E-state index contributed by atoms with van der Waals surface area (Å²) in [6.45, 7) is 0.624. The SMILES string of the molecule is O=C(NCc1ccccc1Cl)[C@@H](Cc1ccccc1)N(Cc1ccccc1)C(=O)Cc1ccccc1. The number of hydrogen-bond donors (Lipinski definition) is 1. The molecule has 1 atom stereocenters. The lowest BCUT2D eigenvalue weighted by Gasteiger charge is -2.32. The van der Waals surface area contributed by atoms with Crippen molar-refractivity contribution in [2.24, 2.45) is 0 Å². The second kappa shape index (κ2) is 12.7. The number of carbonyl (C=O) groups excluding carboxylic acids is 2. The minimum absolute atomic E-state index is 0.0983. The maximum Gasteiger partial charge on any atom is 0.243 e. The number of halogens is 1. The Kier molecular flexibility index (Phi) is 8.90. The number of nitrogens with zero attached hydrogens (tertiary/aromatic N) is 1. The van der Waals surface area contributed by atoms with Crippen LogP contribution in [0.4, 0.5) is 0 Å². The fourth-order valence-electron chi connectivity index (χ4n) is 4.15. The van der Waals surface area contributed by atoms with Crippen LogP contribution < -0.4 is 5.32 Å². The van der Waals surface area contributed by atoms with E-state index in [0.29, 0.717) is 18.0 Å². The predicted molar refractivity (Wildman–Crippen MR) is 144 cm³/mol. The van der Waals surface area contributed by atoms with Crippen molar-refractivity contribution < 1.29 is 9.59 Å². The van der Waals surface area contributed by atoms with Crippen LogP contribution in [0, 0.1) is 0 Å². The summed E-state index contributed by atoms with van der Waals surface area (Å²) in [5.74, 6) is -0.310. The Labute approximate surface area is 217 Å². The lowest BCUT2D eigenvalue weighted by atomic mass is 10.0. The molecular weight excluding hydrogens is 468 g/mol. The van der Waals surface area contributed by atoms with Gasteiger partial charge in [-0.3, -0.25) is 9.59 Å². The number of rotatable bonds is 10. The maximum atomic E-state index is 13.7. The van der Waals surface area contributed by atoms with Gasteiger partial charge in [-0.15, -0.1) is 0 Å². The molecule has 4 rings (SSSR count). The molecule has 1 N–H and O–H groups in total. The van der Waals surface area contributed by atoms with E-state index >= 15 is 0 Å². The van der Waals surface area contributed by atoms with Crippen LogP contribution in [0.1, 0.15) is 22.3 Å². The molecule has 4 aromatic rings. The second-order valence-electron chi connectivity index (χ2n) is 8.68. The summed E-state index contributed by atoms with van der Waals surface area (Å²) in [6.07, 6.45) is 0.624. The standard InChI is InChI=1S/C31H29ClN2O2/c32-28-19-11-10-18-27(28)22-33-31(36)29(20-24-12-4-1-5-13-24)34(23-26-16-8-3-9-17-26)30(35)21-25-14-6-2-7-15-25/h1-19,29H,20-23H2,(H,33,36)/t29-/m1/s1. The third-order valence-electron chi connectivity index (χ3n) is 6.08. The molecule has 0 unspecified atom stereocenters. The lowest BCUT2D eigenvalue weighted by Crippen LogP contribution is -2.50. The highest BCUT2D eigenvalue weighted by Crippen LogP contribution is 2.18. The summed E-state index contributed by atoms with van der Waals surface area (Å²) < 4.78 is 0. The first-order chi connectivity index (χ1) is 17.6. The van der Waals surface area contributed by atoms with Crippen LogP contribution in [0.3, 0.4) is 0 Å². The van der Waals surface area contributed by atoms with Crippen LogP contribution in [0.5, 0.6) is 0 Å². The average molecular weight is 497 g/mol. The van der Waals surface area contributed by atoms with E-state index in [9.17, 15) is 9.59 Å². The highest BCUT2D eigenvalue weighted by Gasteiger charge is 2.30. The largest absolute Gasteiger partial charge is 0.350 e. The molecule has 0 saturated heterocycles. The van der Waals surface area contributed by atoms with Gasteiger partial charge in [0.1, 0.15) is 6.04 Å². The Morgan fingerprint density at radius 2 is 1.22 bits per heavy atom.